The second-order valence-electron chi connectivity index (χ2n) is 4.89. The number of hydrogen-bond donors (Lipinski definition) is 1. The van der Waals surface area contributed by atoms with Crippen molar-refractivity contribution in [3.63, 3.8) is 0 Å². The van der Waals surface area contributed by atoms with Gasteiger partial charge in [0, 0.05) is 24.8 Å². The molecular weight excluding hydrogens is 254 g/mol. The molecule has 102 valence electrons. The number of hydrogen-bond acceptors (Lipinski definition) is 3. The van der Waals surface area contributed by atoms with Crippen LogP contribution in [0.1, 0.15) is 34.5 Å². The van der Waals surface area contributed by atoms with Crippen molar-refractivity contribution in [2.24, 2.45) is 0 Å². The molecule has 0 bridgehead atoms. The van der Waals surface area contributed by atoms with E-state index < -0.39 is 0 Å². The SMILES string of the molecule is O=C(CCc1ccco1)Nc1cccc2c1C(=O)CC2. The highest BCUT2D eigenvalue weighted by Crippen LogP contribution is 2.28. The van der Waals surface area contributed by atoms with Gasteiger partial charge in [-0.3, -0.25) is 9.59 Å². The number of aryl methyl sites for hydroxylation is 2. The van der Waals surface area contributed by atoms with Gasteiger partial charge in [0.15, 0.2) is 5.78 Å². The highest BCUT2D eigenvalue weighted by Gasteiger charge is 2.23. The van der Waals surface area contributed by atoms with Gasteiger partial charge < -0.3 is 9.73 Å². The predicted octanol–water partition coefficient (Wildman–Crippen LogP) is 2.98. The number of carbonyl (C=O) groups excluding carboxylic acids is 2. The topological polar surface area (TPSA) is 59.3 Å². The van der Waals surface area contributed by atoms with E-state index >= 15 is 0 Å². The average molecular weight is 269 g/mol. The monoisotopic (exact) mass is 269 g/mol. The van der Waals surface area contributed by atoms with Crippen molar-refractivity contribution >= 4 is 17.4 Å². The Bertz CT molecular complexity index is 644. The number of fused-ring (bicyclic) bond motifs is 1. The van der Waals surface area contributed by atoms with E-state index in [0.29, 0.717) is 30.5 Å². The van der Waals surface area contributed by atoms with Gasteiger partial charge in [-0.25, -0.2) is 0 Å². The molecule has 1 aliphatic rings. The van der Waals surface area contributed by atoms with Crippen molar-refractivity contribution in [3.8, 4) is 0 Å². The Morgan fingerprint density at radius 3 is 2.90 bits per heavy atom. The molecule has 1 aromatic heterocycles. The van der Waals surface area contributed by atoms with Gasteiger partial charge in [-0.05, 0) is 30.2 Å². The normalized spacial score (nSPS) is 13.3. The Morgan fingerprint density at radius 2 is 2.10 bits per heavy atom. The molecule has 0 atom stereocenters. The van der Waals surface area contributed by atoms with Crippen LogP contribution in [0.25, 0.3) is 0 Å². The van der Waals surface area contributed by atoms with Crippen molar-refractivity contribution in [1.29, 1.82) is 0 Å². The first-order valence-corrected chi connectivity index (χ1v) is 6.71. The third kappa shape index (κ3) is 2.50. The first-order valence-electron chi connectivity index (χ1n) is 6.71. The van der Waals surface area contributed by atoms with Gasteiger partial charge in [0.05, 0.1) is 12.0 Å². The van der Waals surface area contributed by atoms with Crippen LogP contribution < -0.4 is 5.32 Å². The fourth-order valence-electron chi connectivity index (χ4n) is 2.52. The molecule has 0 saturated carbocycles. The van der Waals surface area contributed by atoms with E-state index in [1.165, 1.54) is 0 Å². The summed E-state index contributed by atoms with van der Waals surface area (Å²) in [7, 11) is 0. The number of amides is 1. The molecule has 3 rings (SSSR count). The van der Waals surface area contributed by atoms with Crippen LogP contribution in [-0.4, -0.2) is 11.7 Å². The minimum Gasteiger partial charge on any atom is -0.469 e. The van der Waals surface area contributed by atoms with Crippen LogP contribution in [-0.2, 0) is 17.6 Å². The summed E-state index contributed by atoms with van der Waals surface area (Å²) in [6.07, 6.45) is 3.79. The predicted molar refractivity (Wildman–Crippen MR) is 74.8 cm³/mol. The van der Waals surface area contributed by atoms with Crippen LogP contribution in [0.3, 0.4) is 0 Å². The Kier molecular flexibility index (Phi) is 3.37. The number of Topliss-reactive ketones (excluding diaryl/α,β-unsaturated/α-hetero) is 1. The van der Waals surface area contributed by atoms with Gasteiger partial charge in [0.2, 0.25) is 5.91 Å². The zero-order valence-electron chi connectivity index (χ0n) is 11.0. The zero-order chi connectivity index (χ0) is 13.9. The number of rotatable bonds is 4. The second-order valence-corrected chi connectivity index (χ2v) is 4.89. The summed E-state index contributed by atoms with van der Waals surface area (Å²) in [5.41, 5.74) is 2.34. The van der Waals surface area contributed by atoms with E-state index in [1.54, 1.807) is 18.4 Å². The van der Waals surface area contributed by atoms with Crippen molar-refractivity contribution in [2.45, 2.75) is 25.7 Å². The molecule has 0 fully saturated rings. The average Bonchev–Trinajstić information content (AvgIpc) is 3.07. The van der Waals surface area contributed by atoms with E-state index in [-0.39, 0.29) is 11.7 Å². The van der Waals surface area contributed by atoms with Gasteiger partial charge in [-0.2, -0.15) is 0 Å². The van der Waals surface area contributed by atoms with E-state index in [2.05, 4.69) is 5.32 Å². The molecular formula is C16H15NO3. The van der Waals surface area contributed by atoms with Crippen LogP contribution in [0.15, 0.2) is 41.0 Å². The molecule has 0 radical (unpaired) electrons. The summed E-state index contributed by atoms with van der Waals surface area (Å²) >= 11 is 0. The van der Waals surface area contributed by atoms with E-state index in [1.807, 2.05) is 18.2 Å². The maximum atomic E-state index is 12.0. The Balaban J connectivity index is 1.68. The first-order chi connectivity index (χ1) is 9.74. The number of furan rings is 1. The number of anilines is 1. The molecule has 1 amide bonds. The van der Waals surface area contributed by atoms with Gasteiger partial charge in [0.1, 0.15) is 5.76 Å². The van der Waals surface area contributed by atoms with Crippen molar-refractivity contribution < 1.29 is 14.0 Å². The molecule has 0 spiro atoms. The van der Waals surface area contributed by atoms with Gasteiger partial charge in [-0.1, -0.05) is 12.1 Å². The Labute approximate surface area is 116 Å². The van der Waals surface area contributed by atoms with E-state index in [4.69, 9.17) is 4.42 Å². The lowest BCUT2D eigenvalue weighted by Gasteiger charge is -2.09. The van der Waals surface area contributed by atoms with E-state index in [9.17, 15) is 9.59 Å². The smallest absolute Gasteiger partial charge is 0.224 e. The highest BCUT2D eigenvalue weighted by atomic mass is 16.3. The molecule has 0 saturated heterocycles. The molecule has 1 N–H and O–H groups in total. The molecule has 0 unspecified atom stereocenters. The Morgan fingerprint density at radius 1 is 1.20 bits per heavy atom. The van der Waals surface area contributed by atoms with Gasteiger partial charge in [-0.15, -0.1) is 0 Å². The van der Waals surface area contributed by atoms with Crippen LogP contribution in [0.5, 0.6) is 0 Å². The maximum absolute atomic E-state index is 12.0. The van der Waals surface area contributed by atoms with Crippen LogP contribution in [0, 0.1) is 0 Å². The van der Waals surface area contributed by atoms with Gasteiger partial charge >= 0.3 is 0 Å². The van der Waals surface area contributed by atoms with Crippen molar-refractivity contribution in [2.75, 3.05) is 5.32 Å². The highest BCUT2D eigenvalue weighted by molar-refractivity contribution is 6.08. The zero-order valence-corrected chi connectivity index (χ0v) is 11.0. The summed E-state index contributed by atoms with van der Waals surface area (Å²) < 4.78 is 5.19. The number of benzene rings is 1. The molecule has 20 heavy (non-hydrogen) atoms. The lowest BCUT2D eigenvalue weighted by Crippen LogP contribution is -2.14. The molecule has 1 aliphatic carbocycles. The summed E-state index contributed by atoms with van der Waals surface area (Å²) in [6.45, 7) is 0. The fraction of sp³-hybridized carbons (Fsp3) is 0.250. The Hall–Kier alpha value is -2.36. The lowest BCUT2D eigenvalue weighted by molar-refractivity contribution is -0.116. The van der Waals surface area contributed by atoms with E-state index in [0.717, 1.165) is 17.7 Å². The van der Waals surface area contributed by atoms with Crippen molar-refractivity contribution in [3.05, 3.63) is 53.5 Å². The third-order valence-corrected chi connectivity index (χ3v) is 3.50. The number of nitrogens with one attached hydrogen (secondary N) is 1. The second kappa shape index (κ2) is 5.33. The quantitative estimate of drug-likeness (QED) is 0.928. The molecule has 2 aromatic rings. The third-order valence-electron chi connectivity index (χ3n) is 3.50. The van der Waals surface area contributed by atoms with Crippen molar-refractivity contribution in [1.82, 2.24) is 0 Å². The summed E-state index contributed by atoms with van der Waals surface area (Å²) in [4.78, 5) is 23.8. The molecule has 4 nitrogen and oxygen atoms in total. The van der Waals surface area contributed by atoms with Crippen LogP contribution >= 0.6 is 0 Å². The number of carbonyl (C=O) groups is 2. The molecule has 1 heterocycles. The lowest BCUT2D eigenvalue weighted by atomic mass is 10.1. The molecule has 1 aromatic carbocycles. The standard InChI is InChI=1S/C16H15NO3/c18-14-8-6-11-3-1-5-13(16(11)14)17-15(19)9-7-12-4-2-10-20-12/h1-5,10H,6-9H2,(H,17,19). The molecule has 0 aliphatic heterocycles. The fourth-order valence-corrected chi connectivity index (χ4v) is 2.52. The van der Waals surface area contributed by atoms with Crippen LogP contribution in [0.4, 0.5) is 5.69 Å². The molecule has 4 heteroatoms. The minimum atomic E-state index is -0.102. The van der Waals surface area contributed by atoms with Crippen LogP contribution in [0.2, 0.25) is 0 Å². The maximum Gasteiger partial charge on any atom is 0.224 e. The largest absolute Gasteiger partial charge is 0.469 e. The van der Waals surface area contributed by atoms with Gasteiger partial charge in [0.25, 0.3) is 0 Å². The first kappa shape index (κ1) is 12.7. The summed E-state index contributed by atoms with van der Waals surface area (Å²) in [5, 5.41) is 2.83. The summed E-state index contributed by atoms with van der Waals surface area (Å²) in [5.74, 6) is 0.797. The minimum absolute atomic E-state index is 0.102. The number of ketones is 1. The summed E-state index contributed by atoms with van der Waals surface area (Å²) in [6, 6.07) is 9.25.